The third-order valence-corrected chi connectivity index (χ3v) is 5.98. The Morgan fingerprint density at radius 1 is 1.36 bits per heavy atom. The zero-order valence-electron chi connectivity index (χ0n) is 16.1. The number of likely N-dealkylation sites (tertiary alicyclic amines) is 1. The van der Waals surface area contributed by atoms with Crippen molar-refractivity contribution in [3.8, 4) is 0 Å². The number of carboxylic acids is 1. The molecule has 0 aromatic heterocycles. The van der Waals surface area contributed by atoms with Gasteiger partial charge in [-0.15, -0.1) is 0 Å². The van der Waals surface area contributed by atoms with Crippen molar-refractivity contribution in [3.63, 3.8) is 0 Å². The summed E-state index contributed by atoms with van der Waals surface area (Å²) in [4.78, 5) is 27.6. The average molecular weight is 407 g/mol. The van der Waals surface area contributed by atoms with Crippen LogP contribution in [0.3, 0.4) is 0 Å². The van der Waals surface area contributed by atoms with Crippen LogP contribution in [-0.4, -0.2) is 65.1 Å². The zero-order valence-corrected chi connectivity index (χ0v) is 16.9. The monoisotopic (exact) mass is 406 g/mol. The maximum atomic E-state index is 14.5. The Balaban J connectivity index is 1.79. The summed E-state index contributed by atoms with van der Waals surface area (Å²) < 4.78 is 14.5. The van der Waals surface area contributed by atoms with E-state index in [0.717, 1.165) is 24.8 Å². The van der Waals surface area contributed by atoms with E-state index >= 15 is 0 Å². The molecule has 2 fully saturated rings. The molecule has 1 N–H and O–H groups in total. The molecule has 2 atom stereocenters. The molecular weight excluding hydrogens is 379 g/mol. The molecule has 1 heterocycles. The maximum Gasteiger partial charge on any atom is 0.317 e. The standard InChI is InChI=1S/C21H27FN2O3S/c1-23(13-19(25)26)10-8-15-12-24(11-9-18(15)28)20(21(27)14-6-7-14)16-4-2-3-5-17(16)22/h2-5,8,14,18,20,28H,6-7,9-13H2,1H3,(H,25,26)/b15-8-. The number of carbonyl (C=O) groups excluding carboxylic acids is 1. The highest BCUT2D eigenvalue weighted by Gasteiger charge is 2.40. The number of benzene rings is 1. The third kappa shape index (κ3) is 5.21. The van der Waals surface area contributed by atoms with Gasteiger partial charge >= 0.3 is 5.97 Å². The molecule has 152 valence electrons. The van der Waals surface area contributed by atoms with Gasteiger partial charge in [-0.1, -0.05) is 24.3 Å². The molecule has 1 aliphatic carbocycles. The van der Waals surface area contributed by atoms with E-state index in [1.807, 2.05) is 6.08 Å². The Hall–Kier alpha value is -1.70. The van der Waals surface area contributed by atoms with Gasteiger partial charge in [-0.3, -0.25) is 19.4 Å². The number of likely N-dealkylation sites (N-methyl/N-ethyl adjacent to an activating group) is 1. The van der Waals surface area contributed by atoms with Gasteiger partial charge in [0.05, 0.1) is 12.6 Å². The van der Waals surface area contributed by atoms with Crippen molar-refractivity contribution in [2.45, 2.75) is 30.6 Å². The van der Waals surface area contributed by atoms with Crippen LogP contribution in [0.4, 0.5) is 4.39 Å². The van der Waals surface area contributed by atoms with Crippen LogP contribution < -0.4 is 0 Å². The first-order valence-electron chi connectivity index (χ1n) is 9.66. The molecule has 0 bridgehead atoms. The molecule has 2 aliphatic rings. The predicted molar refractivity (Wildman–Crippen MR) is 109 cm³/mol. The van der Waals surface area contributed by atoms with Crippen LogP contribution in [0.1, 0.15) is 30.9 Å². The summed E-state index contributed by atoms with van der Waals surface area (Å²) in [6.45, 7) is 1.66. The number of hydrogen-bond donors (Lipinski definition) is 2. The molecule has 0 amide bonds. The lowest BCUT2D eigenvalue weighted by Crippen LogP contribution is -2.43. The van der Waals surface area contributed by atoms with Crippen LogP contribution in [0, 0.1) is 11.7 Å². The smallest absolute Gasteiger partial charge is 0.317 e. The van der Waals surface area contributed by atoms with Gasteiger partial charge in [0.2, 0.25) is 0 Å². The Labute approximate surface area is 170 Å². The lowest BCUT2D eigenvalue weighted by atomic mass is 9.93. The fourth-order valence-corrected chi connectivity index (χ4v) is 4.00. The molecule has 1 saturated carbocycles. The van der Waals surface area contributed by atoms with Crippen molar-refractivity contribution in [1.82, 2.24) is 9.80 Å². The number of halogens is 1. The van der Waals surface area contributed by atoms with Crippen LogP contribution >= 0.6 is 12.6 Å². The molecule has 1 saturated heterocycles. The fraction of sp³-hybridized carbons (Fsp3) is 0.524. The molecule has 1 aromatic rings. The Kier molecular flexibility index (Phi) is 6.91. The van der Waals surface area contributed by atoms with Gasteiger partial charge in [-0.2, -0.15) is 12.6 Å². The Morgan fingerprint density at radius 3 is 2.71 bits per heavy atom. The number of thiol groups is 1. The number of piperidine rings is 1. The molecular formula is C21H27FN2O3S. The lowest BCUT2D eigenvalue weighted by Gasteiger charge is -2.38. The van der Waals surface area contributed by atoms with E-state index in [9.17, 15) is 14.0 Å². The SMILES string of the molecule is CN(C/C=C1/CN(C(C(=O)C2CC2)c2ccccc2F)CCC1S)CC(=O)O. The van der Waals surface area contributed by atoms with Gasteiger partial charge in [0, 0.05) is 36.4 Å². The van der Waals surface area contributed by atoms with Crippen molar-refractivity contribution in [1.29, 1.82) is 0 Å². The van der Waals surface area contributed by atoms with E-state index in [-0.39, 0.29) is 29.3 Å². The van der Waals surface area contributed by atoms with Crippen molar-refractivity contribution in [2.75, 3.05) is 33.2 Å². The minimum absolute atomic E-state index is 0.0347. The minimum atomic E-state index is -0.872. The number of carbonyl (C=O) groups is 2. The number of hydrogen-bond acceptors (Lipinski definition) is 5. The fourth-order valence-electron chi connectivity index (χ4n) is 3.70. The topological polar surface area (TPSA) is 60.9 Å². The summed E-state index contributed by atoms with van der Waals surface area (Å²) in [5.41, 5.74) is 1.50. The first-order chi connectivity index (χ1) is 13.4. The van der Waals surface area contributed by atoms with Gasteiger partial charge in [0.15, 0.2) is 5.78 Å². The number of Topliss-reactive ketones (excluding diaryl/α,β-unsaturated/α-hetero) is 1. The van der Waals surface area contributed by atoms with Crippen molar-refractivity contribution >= 4 is 24.4 Å². The molecule has 5 nitrogen and oxygen atoms in total. The van der Waals surface area contributed by atoms with Gasteiger partial charge in [0.1, 0.15) is 5.82 Å². The van der Waals surface area contributed by atoms with Gasteiger partial charge < -0.3 is 5.11 Å². The molecule has 3 rings (SSSR count). The Morgan fingerprint density at radius 2 is 2.07 bits per heavy atom. The third-order valence-electron chi connectivity index (χ3n) is 5.39. The molecule has 1 aliphatic heterocycles. The van der Waals surface area contributed by atoms with Crippen molar-refractivity contribution < 1.29 is 19.1 Å². The number of nitrogens with zero attached hydrogens (tertiary/aromatic N) is 2. The summed E-state index contributed by atoms with van der Waals surface area (Å²) in [6, 6.07) is 5.95. The summed E-state index contributed by atoms with van der Waals surface area (Å²) in [7, 11) is 1.75. The molecule has 28 heavy (non-hydrogen) atoms. The van der Waals surface area contributed by atoms with E-state index in [4.69, 9.17) is 5.11 Å². The molecule has 1 aromatic carbocycles. The second-order valence-corrected chi connectivity index (χ2v) is 8.37. The number of aliphatic carboxylic acids is 1. The van der Waals surface area contributed by atoms with E-state index in [1.54, 1.807) is 30.1 Å². The maximum absolute atomic E-state index is 14.5. The van der Waals surface area contributed by atoms with Crippen LogP contribution in [-0.2, 0) is 9.59 Å². The van der Waals surface area contributed by atoms with E-state index in [1.165, 1.54) is 6.07 Å². The molecule has 0 spiro atoms. The normalized spacial score (nSPS) is 23.1. The van der Waals surface area contributed by atoms with Crippen molar-refractivity contribution in [2.24, 2.45) is 5.92 Å². The number of ketones is 1. The van der Waals surface area contributed by atoms with Crippen LogP contribution in [0.2, 0.25) is 0 Å². The quantitative estimate of drug-likeness (QED) is 0.514. The zero-order chi connectivity index (χ0) is 20.3. The second kappa shape index (κ2) is 9.20. The van der Waals surface area contributed by atoms with Gasteiger partial charge in [-0.25, -0.2) is 4.39 Å². The summed E-state index contributed by atoms with van der Waals surface area (Å²) in [5.74, 6) is -1.08. The Bertz CT molecular complexity index is 766. The van der Waals surface area contributed by atoms with E-state index < -0.39 is 12.0 Å². The van der Waals surface area contributed by atoms with Crippen LogP contribution in [0.5, 0.6) is 0 Å². The highest BCUT2D eigenvalue weighted by molar-refractivity contribution is 7.81. The van der Waals surface area contributed by atoms with Gasteiger partial charge in [-0.05, 0) is 37.9 Å². The summed E-state index contributed by atoms with van der Waals surface area (Å²) >= 11 is 4.66. The molecule has 2 unspecified atom stereocenters. The lowest BCUT2D eigenvalue weighted by molar-refractivity contribution is -0.137. The number of rotatable bonds is 8. The van der Waals surface area contributed by atoms with Crippen LogP contribution in [0.25, 0.3) is 0 Å². The van der Waals surface area contributed by atoms with Gasteiger partial charge in [0.25, 0.3) is 0 Å². The average Bonchev–Trinajstić information content (AvgIpc) is 3.48. The highest BCUT2D eigenvalue weighted by Crippen LogP contribution is 2.39. The highest BCUT2D eigenvalue weighted by atomic mass is 32.1. The largest absolute Gasteiger partial charge is 0.480 e. The predicted octanol–water partition coefficient (Wildman–Crippen LogP) is 2.79. The van der Waals surface area contributed by atoms with E-state index in [2.05, 4.69) is 17.5 Å². The summed E-state index contributed by atoms with van der Waals surface area (Å²) in [6.07, 6.45) is 4.53. The summed E-state index contributed by atoms with van der Waals surface area (Å²) in [5, 5.41) is 8.96. The number of carboxylic acid groups (broad SMARTS) is 1. The van der Waals surface area contributed by atoms with E-state index in [0.29, 0.717) is 25.2 Å². The first-order valence-corrected chi connectivity index (χ1v) is 10.2. The molecule has 0 radical (unpaired) electrons. The first kappa shape index (κ1) is 21.0. The minimum Gasteiger partial charge on any atom is -0.480 e. The molecule has 7 heteroatoms. The second-order valence-electron chi connectivity index (χ2n) is 7.75. The van der Waals surface area contributed by atoms with Crippen molar-refractivity contribution in [3.05, 3.63) is 47.3 Å². The van der Waals surface area contributed by atoms with Crippen LogP contribution in [0.15, 0.2) is 35.9 Å².